The summed E-state index contributed by atoms with van der Waals surface area (Å²) in [4.78, 5) is 10.6. The third-order valence-corrected chi connectivity index (χ3v) is 3.42. The minimum absolute atomic E-state index is 0.298. The lowest BCUT2D eigenvalue weighted by molar-refractivity contribution is -0.138. The second kappa shape index (κ2) is 5.98. The summed E-state index contributed by atoms with van der Waals surface area (Å²) in [7, 11) is 0. The first-order chi connectivity index (χ1) is 8.66. The van der Waals surface area contributed by atoms with Crippen LogP contribution in [0.2, 0.25) is 0 Å². The van der Waals surface area contributed by atoms with Gasteiger partial charge in [-0.15, -0.1) is 0 Å². The van der Waals surface area contributed by atoms with Crippen molar-refractivity contribution in [1.82, 2.24) is 5.32 Å². The predicted octanol–water partition coefficient (Wildman–Crippen LogP) is 1.07. The molecule has 0 amide bonds. The first-order valence-corrected chi connectivity index (χ1v) is 6.46. The number of nitrogens with one attached hydrogen (secondary N) is 1. The zero-order valence-electron chi connectivity index (χ0n) is 10.5. The van der Waals surface area contributed by atoms with Crippen molar-refractivity contribution in [1.29, 1.82) is 0 Å². The Labute approximate surface area is 107 Å². The number of carboxylic acid groups (broad SMARTS) is 1. The Balaban J connectivity index is 1.88. The van der Waals surface area contributed by atoms with Crippen LogP contribution in [0.5, 0.6) is 0 Å². The molecule has 1 aromatic carbocycles. The molecule has 0 saturated carbocycles. The van der Waals surface area contributed by atoms with Gasteiger partial charge in [-0.05, 0) is 42.4 Å². The Kier molecular flexibility index (Phi) is 4.33. The van der Waals surface area contributed by atoms with Gasteiger partial charge in [-0.1, -0.05) is 18.2 Å². The van der Waals surface area contributed by atoms with Crippen molar-refractivity contribution in [3.63, 3.8) is 0 Å². The lowest BCUT2D eigenvalue weighted by Crippen LogP contribution is -2.40. The summed E-state index contributed by atoms with van der Waals surface area (Å²) in [5.74, 6) is -0.965. The molecule has 0 radical (unpaired) electrons. The van der Waals surface area contributed by atoms with Crippen molar-refractivity contribution in [2.24, 2.45) is 5.73 Å². The molecule has 1 atom stereocenters. The normalized spacial score (nSPS) is 16.1. The first-order valence-electron chi connectivity index (χ1n) is 6.46. The van der Waals surface area contributed by atoms with Crippen molar-refractivity contribution < 1.29 is 9.90 Å². The minimum Gasteiger partial charge on any atom is -0.480 e. The zero-order chi connectivity index (χ0) is 13.0. The van der Waals surface area contributed by atoms with Crippen molar-refractivity contribution in [2.75, 3.05) is 6.54 Å². The van der Waals surface area contributed by atoms with Gasteiger partial charge in [-0.3, -0.25) is 4.79 Å². The van der Waals surface area contributed by atoms with E-state index >= 15 is 0 Å². The van der Waals surface area contributed by atoms with Gasteiger partial charge in [0.2, 0.25) is 0 Å². The second-order valence-corrected chi connectivity index (χ2v) is 4.89. The third-order valence-electron chi connectivity index (χ3n) is 3.42. The van der Waals surface area contributed by atoms with Gasteiger partial charge in [0, 0.05) is 13.1 Å². The quantitative estimate of drug-likeness (QED) is 0.728. The molecule has 0 fully saturated rings. The van der Waals surface area contributed by atoms with Gasteiger partial charge in [0.05, 0.1) is 0 Å². The van der Waals surface area contributed by atoms with Crippen LogP contribution in [0.25, 0.3) is 0 Å². The second-order valence-electron chi connectivity index (χ2n) is 4.89. The molecule has 0 saturated heterocycles. The highest BCUT2D eigenvalue weighted by Gasteiger charge is 2.11. The fraction of sp³-hybridized carbons (Fsp3) is 0.500. The van der Waals surface area contributed by atoms with Crippen molar-refractivity contribution in [2.45, 2.75) is 38.3 Å². The molecule has 1 aromatic rings. The largest absolute Gasteiger partial charge is 0.480 e. The monoisotopic (exact) mass is 248 g/mol. The number of hydrogen-bond acceptors (Lipinski definition) is 3. The molecule has 0 spiro atoms. The van der Waals surface area contributed by atoms with E-state index < -0.39 is 12.0 Å². The maximum Gasteiger partial charge on any atom is 0.321 e. The molecular formula is C14H20N2O2. The molecule has 1 aliphatic carbocycles. The number of fused-ring (bicyclic) bond motifs is 1. The van der Waals surface area contributed by atoms with Gasteiger partial charge < -0.3 is 16.2 Å². The smallest absolute Gasteiger partial charge is 0.321 e. The Morgan fingerprint density at radius 1 is 1.33 bits per heavy atom. The highest BCUT2D eigenvalue weighted by Crippen LogP contribution is 2.22. The molecule has 1 aliphatic rings. The fourth-order valence-electron chi connectivity index (χ4n) is 2.36. The van der Waals surface area contributed by atoms with E-state index in [2.05, 4.69) is 23.5 Å². The zero-order valence-corrected chi connectivity index (χ0v) is 10.5. The average Bonchev–Trinajstić information content (AvgIpc) is 2.38. The number of hydrogen-bond donors (Lipinski definition) is 3. The Morgan fingerprint density at radius 2 is 2.06 bits per heavy atom. The van der Waals surface area contributed by atoms with Crippen molar-refractivity contribution in [3.05, 3.63) is 34.9 Å². The summed E-state index contributed by atoms with van der Waals surface area (Å²) in [6.45, 7) is 0.973. The van der Waals surface area contributed by atoms with E-state index in [0.717, 1.165) is 6.42 Å². The lowest BCUT2D eigenvalue weighted by atomic mass is 9.90. The third kappa shape index (κ3) is 3.31. The van der Waals surface area contributed by atoms with E-state index in [-0.39, 0.29) is 0 Å². The molecule has 0 heterocycles. The van der Waals surface area contributed by atoms with Gasteiger partial charge in [0.1, 0.15) is 6.04 Å². The van der Waals surface area contributed by atoms with Crippen LogP contribution in [0.3, 0.4) is 0 Å². The van der Waals surface area contributed by atoms with Gasteiger partial charge in [-0.25, -0.2) is 0 Å². The van der Waals surface area contributed by atoms with Crippen LogP contribution < -0.4 is 11.1 Å². The number of aliphatic carboxylic acids is 1. The first kappa shape index (κ1) is 13.1. The Hall–Kier alpha value is -1.39. The molecule has 1 unspecified atom stereocenters. The molecule has 0 aliphatic heterocycles. The lowest BCUT2D eigenvalue weighted by Gasteiger charge is -2.17. The van der Waals surface area contributed by atoms with Crippen LogP contribution in [0.4, 0.5) is 0 Å². The SMILES string of the molecule is NC(CNCc1ccc2c(c1)CCCC2)C(=O)O. The maximum atomic E-state index is 10.6. The molecule has 98 valence electrons. The molecule has 0 aromatic heterocycles. The summed E-state index contributed by atoms with van der Waals surface area (Å²) >= 11 is 0. The maximum absolute atomic E-state index is 10.6. The number of benzene rings is 1. The minimum atomic E-state index is -0.965. The van der Waals surface area contributed by atoms with Crippen molar-refractivity contribution in [3.8, 4) is 0 Å². The summed E-state index contributed by atoms with van der Waals surface area (Å²) < 4.78 is 0. The fourth-order valence-corrected chi connectivity index (χ4v) is 2.36. The van der Waals surface area contributed by atoms with E-state index in [9.17, 15) is 4.79 Å². The van der Waals surface area contributed by atoms with E-state index in [1.807, 2.05) is 0 Å². The molecule has 2 rings (SSSR count). The highest BCUT2D eigenvalue weighted by atomic mass is 16.4. The molecule has 0 bridgehead atoms. The summed E-state index contributed by atoms with van der Waals surface area (Å²) in [6, 6.07) is 5.71. The molecule has 4 nitrogen and oxygen atoms in total. The van der Waals surface area contributed by atoms with E-state index in [4.69, 9.17) is 10.8 Å². The standard InChI is InChI=1S/C14H20N2O2/c15-13(14(17)18)9-16-8-10-5-6-11-3-1-2-4-12(11)7-10/h5-7,13,16H,1-4,8-9,15H2,(H,17,18). The van der Waals surface area contributed by atoms with E-state index in [1.54, 1.807) is 0 Å². The summed E-state index contributed by atoms with van der Waals surface area (Å²) in [5.41, 5.74) is 9.54. The molecule has 4 heteroatoms. The van der Waals surface area contributed by atoms with Gasteiger partial charge in [-0.2, -0.15) is 0 Å². The van der Waals surface area contributed by atoms with Crippen LogP contribution in [0.1, 0.15) is 29.5 Å². The molecule has 18 heavy (non-hydrogen) atoms. The van der Waals surface area contributed by atoms with E-state index in [1.165, 1.54) is 36.0 Å². The van der Waals surface area contributed by atoms with Crippen LogP contribution in [0, 0.1) is 0 Å². The average molecular weight is 248 g/mol. The van der Waals surface area contributed by atoms with Crippen LogP contribution in [0.15, 0.2) is 18.2 Å². The highest BCUT2D eigenvalue weighted by molar-refractivity contribution is 5.73. The van der Waals surface area contributed by atoms with Crippen molar-refractivity contribution >= 4 is 5.97 Å². The Morgan fingerprint density at radius 3 is 2.78 bits per heavy atom. The van der Waals surface area contributed by atoms with Gasteiger partial charge in [0.25, 0.3) is 0 Å². The molecular weight excluding hydrogens is 228 g/mol. The Bertz CT molecular complexity index is 432. The van der Waals surface area contributed by atoms with Gasteiger partial charge in [0.15, 0.2) is 0 Å². The van der Waals surface area contributed by atoms with Crippen LogP contribution in [-0.4, -0.2) is 23.7 Å². The predicted molar refractivity (Wildman–Crippen MR) is 70.4 cm³/mol. The van der Waals surface area contributed by atoms with Crippen LogP contribution in [-0.2, 0) is 24.2 Å². The van der Waals surface area contributed by atoms with Gasteiger partial charge >= 0.3 is 5.97 Å². The number of aryl methyl sites for hydroxylation is 2. The number of carboxylic acids is 1. The molecule has 4 N–H and O–H groups in total. The topological polar surface area (TPSA) is 75.3 Å². The van der Waals surface area contributed by atoms with E-state index in [0.29, 0.717) is 13.1 Å². The summed E-state index contributed by atoms with van der Waals surface area (Å²) in [6.07, 6.45) is 4.91. The number of nitrogens with two attached hydrogens (primary N) is 1. The summed E-state index contributed by atoms with van der Waals surface area (Å²) in [5, 5.41) is 11.8. The van der Waals surface area contributed by atoms with Crippen LogP contribution >= 0.6 is 0 Å². The number of rotatable bonds is 5. The number of carbonyl (C=O) groups is 1.